The number of para-hydroxylation sites is 1. The Morgan fingerprint density at radius 2 is 2.23 bits per heavy atom. The number of carbonyl (C=O) groups excluding carboxylic acids is 1. The van der Waals surface area contributed by atoms with Crippen LogP contribution >= 0.6 is 11.3 Å². The number of nitrogens with zero attached hydrogens (tertiary/aromatic N) is 3. The van der Waals surface area contributed by atoms with Gasteiger partial charge in [0, 0.05) is 24.3 Å². The molecule has 0 aliphatic carbocycles. The van der Waals surface area contributed by atoms with Gasteiger partial charge in [-0.15, -0.1) is 11.3 Å². The molecule has 0 atom stereocenters. The molecule has 3 aromatic rings. The van der Waals surface area contributed by atoms with E-state index in [1.54, 1.807) is 23.5 Å². The maximum Gasteiger partial charge on any atom is 0.253 e. The van der Waals surface area contributed by atoms with E-state index in [-0.39, 0.29) is 5.91 Å². The Kier molecular flexibility index (Phi) is 4.15. The normalized spacial score (nSPS) is 11.2. The largest absolute Gasteiger partial charge is 0.352 e. The number of hydrogen-bond acceptors (Lipinski definition) is 5. The molecule has 0 spiro atoms. The summed E-state index contributed by atoms with van der Waals surface area (Å²) in [5, 5.41) is 16.6. The van der Waals surface area contributed by atoms with Gasteiger partial charge in [-0.1, -0.05) is 19.9 Å². The van der Waals surface area contributed by atoms with Crippen molar-refractivity contribution in [2.75, 3.05) is 6.54 Å². The second kappa shape index (κ2) is 6.23. The van der Waals surface area contributed by atoms with Crippen molar-refractivity contribution >= 4 is 28.3 Å². The van der Waals surface area contributed by atoms with Gasteiger partial charge in [0.05, 0.1) is 16.3 Å². The molecule has 2 aromatic heterocycles. The molecular formula is C15H17N5OS. The molecule has 7 heteroatoms. The highest BCUT2D eigenvalue weighted by atomic mass is 32.1. The van der Waals surface area contributed by atoms with E-state index in [2.05, 4.69) is 44.9 Å². The summed E-state index contributed by atoms with van der Waals surface area (Å²) < 4.78 is 0. The van der Waals surface area contributed by atoms with E-state index in [9.17, 15) is 4.79 Å². The first-order valence-electron chi connectivity index (χ1n) is 7.17. The number of fused-ring (bicyclic) bond motifs is 1. The van der Waals surface area contributed by atoms with Gasteiger partial charge in [0.25, 0.3) is 5.91 Å². The van der Waals surface area contributed by atoms with Crippen LogP contribution in [0.5, 0.6) is 0 Å². The van der Waals surface area contributed by atoms with Gasteiger partial charge >= 0.3 is 0 Å². The van der Waals surface area contributed by atoms with Crippen molar-refractivity contribution < 1.29 is 4.79 Å². The monoisotopic (exact) mass is 315 g/mol. The number of hydrogen-bond donors (Lipinski definition) is 2. The molecule has 114 valence electrons. The standard InChI is InChI=1S/C15H17N5OS/c1-9(2)15-17-10(8-22-15)6-7-16-14(21)11-4-3-5-12-13(11)19-20-18-12/h3-5,8-9H,6-7H2,1-2H3,(H,16,21)(H,18,19,20). The van der Waals surface area contributed by atoms with Crippen LogP contribution in [-0.4, -0.2) is 32.8 Å². The fraction of sp³-hybridized carbons (Fsp3) is 0.333. The van der Waals surface area contributed by atoms with Gasteiger partial charge in [-0.2, -0.15) is 15.4 Å². The van der Waals surface area contributed by atoms with Crippen molar-refractivity contribution in [1.82, 2.24) is 25.7 Å². The minimum absolute atomic E-state index is 0.140. The lowest BCUT2D eigenvalue weighted by atomic mass is 10.1. The Bertz CT molecular complexity index is 792. The van der Waals surface area contributed by atoms with E-state index in [0.717, 1.165) is 17.1 Å². The number of nitrogens with one attached hydrogen (secondary N) is 2. The predicted octanol–water partition coefficient (Wildman–Crippen LogP) is 2.51. The van der Waals surface area contributed by atoms with Crippen molar-refractivity contribution in [3.63, 3.8) is 0 Å². The fourth-order valence-corrected chi connectivity index (χ4v) is 3.02. The molecule has 0 unspecified atom stereocenters. The smallest absolute Gasteiger partial charge is 0.253 e. The summed E-state index contributed by atoms with van der Waals surface area (Å²) in [4.78, 5) is 16.8. The predicted molar refractivity (Wildman–Crippen MR) is 86.1 cm³/mol. The fourth-order valence-electron chi connectivity index (χ4n) is 2.15. The van der Waals surface area contributed by atoms with Crippen LogP contribution in [0.4, 0.5) is 0 Å². The minimum atomic E-state index is -0.140. The molecule has 2 N–H and O–H groups in total. The summed E-state index contributed by atoms with van der Waals surface area (Å²) >= 11 is 1.67. The lowest BCUT2D eigenvalue weighted by Crippen LogP contribution is -2.26. The summed E-state index contributed by atoms with van der Waals surface area (Å²) in [5.41, 5.74) is 2.84. The van der Waals surface area contributed by atoms with E-state index in [4.69, 9.17) is 0 Å². The Morgan fingerprint density at radius 3 is 3.00 bits per heavy atom. The first-order valence-corrected chi connectivity index (χ1v) is 8.05. The first kappa shape index (κ1) is 14.6. The zero-order chi connectivity index (χ0) is 15.5. The molecule has 0 aliphatic heterocycles. The second-order valence-corrected chi connectivity index (χ2v) is 6.22. The molecule has 22 heavy (non-hydrogen) atoms. The van der Waals surface area contributed by atoms with Crippen LogP contribution in [0.3, 0.4) is 0 Å². The molecule has 1 amide bonds. The van der Waals surface area contributed by atoms with Gasteiger partial charge < -0.3 is 5.32 Å². The van der Waals surface area contributed by atoms with Crippen molar-refractivity contribution in [2.45, 2.75) is 26.2 Å². The van der Waals surface area contributed by atoms with E-state index in [0.29, 0.717) is 29.1 Å². The van der Waals surface area contributed by atoms with Crippen LogP contribution in [0, 0.1) is 0 Å². The zero-order valence-corrected chi connectivity index (χ0v) is 13.3. The number of aromatic amines is 1. The van der Waals surface area contributed by atoms with Crippen molar-refractivity contribution in [2.24, 2.45) is 0 Å². The summed E-state index contributed by atoms with van der Waals surface area (Å²) in [5.74, 6) is 0.303. The van der Waals surface area contributed by atoms with Gasteiger partial charge in [-0.05, 0) is 12.1 Å². The molecule has 3 rings (SSSR count). The summed E-state index contributed by atoms with van der Waals surface area (Å²) in [7, 11) is 0. The summed E-state index contributed by atoms with van der Waals surface area (Å²) in [6.45, 7) is 4.81. The number of rotatable bonds is 5. The number of thiazole rings is 1. The Balaban J connectivity index is 1.61. The average molecular weight is 315 g/mol. The molecule has 2 heterocycles. The third-order valence-electron chi connectivity index (χ3n) is 3.32. The van der Waals surface area contributed by atoms with Crippen LogP contribution in [0.1, 0.15) is 40.8 Å². The van der Waals surface area contributed by atoms with Crippen molar-refractivity contribution in [3.05, 3.63) is 39.8 Å². The SMILES string of the molecule is CC(C)c1nc(CCNC(=O)c2cccc3n[nH]nc23)cs1. The van der Waals surface area contributed by atoms with Gasteiger partial charge in [0.15, 0.2) is 0 Å². The average Bonchev–Trinajstić information content (AvgIpc) is 3.15. The van der Waals surface area contributed by atoms with Crippen LogP contribution < -0.4 is 5.32 Å². The quantitative estimate of drug-likeness (QED) is 0.758. The highest BCUT2D eigenvalue weighted by Crippen LogP contribution is 2.19. The van der Waals surface area contributed by atoms with Gasteiger partial charge in [-0.25, -0.2) is 4.98 Å². The molecule has 0 aliphatic rings. The van der Waals surface area contributed by atoms with Crippen LogP contribution in [0.2, 0.25) is 0 Å². The first-order chi connectivity index (χ1) is 10.6. The van der Waals surface area contributed by atoms with Gasteiger partial charge in [0.2, 0.25) is 0 Å². The maximum atomic E-state index is 12.2. The second-order valence-electron chi connectivity index (χ2n) is 5.33. The van der Waals surface area contributed by atoms with E-state index < -0.39 is 0 Å². The van der Waals surface area contributed by atoms with Crippen LogP contribution in [0.25, 0.3) is 11.0 Å². The zero-order valence-electron chi connectivity index (χ0n) is 12.5. The molecule has 0 radical (unpaired) electrons. The molecule has 1 aromatic carbocycles. The minimum Gasteiger partial charge on any atom is -0.352 e. The number of carbonyl (C=O) groups is 1. The van der Waals surface area contributed by atoms with Crippen LogP contribution in [-0.2, 0) is 6.42 Å². The van der Waals surface area contributed by atoms with Crippen molar-refractivity contribution in [3.8, 4) is 0 Å². The maximum absolute atomic E-state index is 12.2. The number of aromatic nitrogens is 4. The number of amides is 1. The highest BCUT2D eigenvalue weighted by Gasteiger charge is 2.12. The summed E-state index contributed by atoms with van der Waals surface area (Å²) in [6.07, 6.45) is 0.726. The molecular weight excluding hydrogens is 298 g/mol. The van der Waals surface area contributed by atoms with E-state index in [1.165, 1.54) is 0 Å². The van der Waals surface area contributed by atoms with Crippen molar-refractivity contribution in [1.29, 1.82) is 0 Å². The van der Waals surface area contributed by atoms with Gasteiger partial charge in [-0.3, -0.25) is 4.79 Å². The molecule has 0 fully saturated rings. The van der Waals surface area contributed by atoms with E-state index >= 15 is 0 Å². The van der Waals surface area contributed by atoms with Crippen LogP contribution in [0.15, 0.2) is 23.6 Å². The summed E-state index contributed by atoms with van der Waals surface area (Å²) in [6, 6.07) is 5.37. The Labute approximate surface area is 132 Å². The Morgan fingerprint density at radius 1 is 1.36 bits per heavy atom. The van der Waals surface area contributed by atoms with Gasteiger partial charge in [0.1, 0.15) is 11.0 Å². The highest BCUT2D eigenvalue weighted by molar-refractivity contribution is 7.09. The third-order valence-corrected chi connectivity index (χ3v) is 4.52. The topological polar surface area (TPSA) is 83.6 Å². The third kappa shape index (κ3) is 2.99. The molecule has 0 saturated carbocycles. The Hall–Kier alpha value is -2.28. The lowest BCUT2D eigenvalue weighted by molar-refractivity contribution is 0.0955. The van der Waals surface area contributed by atoms with E-state index in [1.807, 2.05) is 6.07 Å². The molecule has 0 bridgehead atoms. The molecule has 0 saturated heterocycles. The lowest BCUT2D eigenvalue weighted by Gasteiger charge is -2.04. The number of benzene rings is 1. The number of H-pyrrole nitrogens is 1. The molecule has 6 nitrogen and oxygen atoms in total.